The summed E-state index contributed by atoms with van der Waals surface area (Å²) in [6.07, 6.45) is 0.553. The number of nitrogens with one attached hydrogen (secondary N) is 1. The van der Waals surface area contributed by atoms with Gasteiger partial charge in [0.1, 0.15) is 23.4 Å². The lowest BCUT2D eigenvalue weighted by Gasteiger charge is -2.25. The fourth-order valence-corrected chi connectivity index (χ4v) is 3.85. The van der Waals surface area contributed by atoms with Crippen LogP contribution in [-0.4, -0.2) is 35.5 Å². The van der Waals surface area contributed by atoms with E-state index in [2.05, 4.69) is 5.32 Å². The Morgan fingerprint density at radius 2 is 1.75 bits per heavy atom. The number of amides is 2. The van der Waals surface area contributed by atoms with Gasteiger partial charge in [-0.1, -0.05) is 30.3 Å². The van der Waals surface area contributed by atoms with Crippen LogP contribution in [0.5, 0.6) is 11.5 Å². The molecule has 4 rings (SSSR count). The quantitative estimate of drug-likeness (QED) is 0.596. The van der Waals surface area contributed by atoms with Gasteiger partial charge in [0, 0.05) is 18.7 Å². The number of halogens is 1. The number of phenolic OH excluding ortho intramolecular Hbond substituents is 1. The molecular formula is C25H23FN2O4. The van der Waals surface area contributed by atoms with Gasteiger partial charge in [-0.05, 0) is 59.5 Å². The third-order valence-corrected chi connectivity index (χ3v) is 5.56. The first-order valence-corrected chi connectivity index (χ1v) is 10.3. The first-order valence-electron chi connectivity index (χ1n) is 10.3. The van der Waals surface area contributed by atoms with Gasteiger partial charge in [-0.25, -0.2) is 4.39 Å². The summed E-state index contributed by atoms with van der Waals surface area (Å²) in [7, 11) is 1.60. The van der Waals surface area contributed by atoms with Crippen molar-refractivity contribution in [1.29, 1.82) is 0 Å². The highest BCUT2D eigenvalue weighted by atomic mass is 19.1. The van der Waals surface area contributed by atoms with Gasteiger partial charge in [0.2, 0.25) is 5.91 Å². The molecule has 0 spiro atoms. The standard InChI is InChI=1S/C25H23FN2O4/c1-32-20-9-4-16(5-10-20)12-13-28-23(21-11-8-19(29)14-22(21)25(28)31)24(30)27-15-17-2-6-18(26)7-3-17/h2-11,14,23,29H,12-13,15H2,1H3,(H,27,30). The Morgan fingerprint density at radius 1 is 1.06 bits per heavy atom. The van der Waals surface area contributed by atoms with Crippen molar-refractivity contribution in [3.05, 3.63) is 94.8 Å². The molecule has 0 saturated carbocycles. The van der Waals surface area contributed by atoms with E-state index >= 15 is 0 Å². The van der Waals surface area contributed by atoms with Gasteiger partial charge < -0.3 is 20.1 Å². The number of fused-ring (bicyclic) bond motifs is 1. The third kappa shape index (κ3) is 4.42. The van der Waals surface area contributed by atoms with Gasteiger partial charge in [-0.15, -0.1) is 0 Å². The molecule has 1 unspecified atom stereocenters. The number of carbonyl (C=O) groups excluding carboxylic acids is 2. The number of nitrogens with zero attached hydrogens (tertiary/aromatic N) is 1. The molecule has 7 heteroatoms. The van der Waals surface area contributed by atoms with Crippen LogP contribution in [0.1, 0.15) is 33.1 Å². The third-order valence-electron chi connectivity index (χ3n) is 5.56. The minimum absolute atomic E-state index is 0.0282. The Bertz CT molecular complexity index is 1130. The fourth-order valence-electron chi connectivity index (χ4n) is 3.85. The summed E-state index contributed by atoms with van der Waals surface area (Å²) in [5, 5.41) is 12.7. The molecule has 3 aromatic rings. The van der Waals surface area contributed by atoms with E-state index in [9.17, 15) is 19.1 Å². The lowest BCUT2D eigenvalue weighted by molar-refractivity contribution is -0.125. The number of ether oxygens (including phenoxy) is 1. The molecule has 32 heavy (non-hydrogen) atoms. The number of phenols is 1. The summed E-state index contributed by atoms with van der Waals surface area (Å²) < 4.78 is 18.3. The number of hydrogen-bond donors (Lipinski definition) is 2. The topological polar surface area (TPSA) is 78.9 Å². The normalized spacial score (nSPS) is 14.9. The van der Waals surface area contributed by atoms with Crippen LogP contribution in [0.4, 0.5) is 4.39 Å². The number of benzene rings is 3. The van der Waals surface area contributed by atoms with E-state index in [-0.39, 0.29) is 29.9 Å². The van der Waals surface area contributed by atoms with Gasteiger partial charge in [0.05, 0.1) is 7.11 Å². The predicted octanol–water partition coefficient (Wildman–Crippen LogP) is 3.60. The van der Waals surface area contributed by atoms with Crippen LogP contribution in [0.25, 0.3) is 0 Å². The van der Waals surface area contributed by atoms with Crippen molar-refractivity contribution < 1.29 is 23.8 Å². The number of aromatic hydroxyl groups is 1. The monoisotopic (exact) mass is 434 g/mol. The van der Waals surface area contributed by atoms with Crippen LogP contribution in [0, 0.1) is 5.82 Å². The van der Waals surface area contributed by atoms with E-state index in [0.717, 1.165) is 16.9 Å². The zero-order chi connectivity index (χ0) is 22.7. The lowest BCUT2D eigenvalue weighted by atomic mass is 10.0. The molecular weight excluding hydrogens is 411 g/mol. The molecule has 1 heterocycles. The minimum Gasteiger partial charge on any atom is -0.508 e. The second kappa shape index (κ2) is 9.09. The van der Waals surface area contributed by atoms with Crippen molar-refractivity contribution in [2.75, 3.05) is 13.7 Å². The predicted molar refractivity (Wildman–Crippen MR) is 117 cm³/mol. The van der Waals surface area contributed by atoms with E-state index in [1.54, 1.807) is 25.3 Å². The average molecular weight is 434 g/mol. The summed E-state index contributed by atoms with van der Waals surface area (Å²) >= 11 is 0. The van der Waals surface area contributed by atoms with Crippen LogP contribution in [-0.2, 0) is 17.8 Å². The molecule has 6 nitrogen and oxygen atoms in total. The van der Waals surface area contributed by atoms with E-state index in [1.807, 2.05) is 24.3 Å². The molecule has 1 aliphatic heterocycles. The van der Waals surface area contributed by atoms with E-state index in [4.69, 9.17) is 4.74 Å². The number of methoxy groups -OCH3 is 1. The maximum Gasteiger partial charge on any atom is 0.255 e. The van der Waals surface area contributed by atoms with E-state index in [1.165, 1.54) is 29.2 Å². The Hall–Kier alpha value is -3.87. The minimum atomic E-state index is -0.809. The molecule has 0 aromatic heterocycles. The first-order chi connectivity index (χ1) is 15.5. The Balaban J connectivity index is 1.53. The highest BCUT2D eigenvalue weighted by Gasteiger charge is 2.40. The summed E-state index contributed by atoms with van der Waals surface area (Å²) in [6.45, 7) is 0.540. The molecule has 164 valence electrons. The number of carbonyl (C=O) groups is 2. The van der Waals surface area contributed by atoms with Gasteiger partial charge in [0.15, 0.2) is 0 Å². The molecule has 0 fully saturated rings. The number of hydrogen-bond acceptors (Lipinski definition) is 4. The summed E-state index contributed by atoms with van der Waals surface area (Å²) in [4.78, 5) is 27.7. The molecule has 1 aliphatic rings. The summed E-state index contributed by atoms with van der Waals surface area (Å²) in [5.41, 5.74) is 2.63. The maximum absolute atomic E-state index is 13.1. The van der Waals surface area contributed by atoms with Crippen molar-refractivity contribution in [2.24, 2.45) is 0 Å². The van der Waals surface area contributed by atoms with Crippen LogP contribution in [0.15, 0.2) is 66.7 Å². The lowest BCUT2D eigenvalue weighted by Crippen LogP contribution is -2.39. The highest BCUT2D eigenvalue weighted by Crippen LogP contribution is 2.36. The highest BCUT2D eigenvalue weighted by molar-refractivity contribution is 6.05. The van der Waals surface area contributed by atoms with Gasteiger partial charge in [0.25, 0.3) is 5.91 Å². The molecule has 0 saturated heterocycles. The summed E-state index contributed by atoms with van der Waals surface area (Å²) in [5.74, 6) is -0.264. The Labute approximate surface area is 185 Å². The maximum atomic E-state index is 13.1. The number of rotatable bonds is 7. The van der Waals surface area contributed by atoms with Crippen LogP contribution < -0.4 is 10.1 Å². The van der Waals surface area contributed by atoms with E-state index in [0.29, 0.717) is 24.1 Å². The van der Waals surface area contributed by atoms with Gasteiger partial charge >= 0.3 is 0 Å². The average Bonchev–Trinajstić information content (AvgIpc) is 3.08. The molecule has 0 aliphatic carbocycles. The molecule has 1 atom stereocenters. The van der Waals surface area contributed by atoms with Crippen molar-refractivity contribution in [2.45, 2.75) is 19.0 Å². The van der Waals surface area contributed by atoms with Crippen molar-refractivity contribution in [1.82, 2.24) is 10.2 Å². The van der Waals surface area contributed by atoms with Gasteiger partial charge in [-0.3, -0.25) is 9.59 Å². The summed E-state index contributed by atoms with van der Waals surface area (Å²) in [6, 6.07) is 17.1. The van der Waals surface area contributed by atoms with Crippen LogP contribution in [0.3, 0.4) is 0 Å². The SMILES string of the molecule is COc1ccc(CCN2C(=O)c3cc(O)ccc3C2C(=O)NCc2ccc(F)cc2)cc1. The van der Waals surface area contributed by atoms with Crippen molar-refractivity contribution in [3.8, 4) is 11.5 Å². The fraction of sp³-hybridized carbons (Fsp3) is 0.200. The zero-order valence-corrected chi connectivity index (χ0v) is 17.5. The van der Waals surface area contributed by atoms with Crippen LogP contribution in [0.2, 0.25) is 0 Å². The smallest absolute Gasteiger partial charge is 0.255 e. The largest absolute Gasteiger partial charge is 0.508 e. The molecule has 2 N–H and O–H groups in total. The van der Waals surface area contributed by atoms with Crippen molar-refractivity contribution >= 4 is 11.8 Å². The molecule has 2 amide bonds. The molecule has 3 aromatic carbocycles. The second-order valence-electron chi connectivity index (χ2n) is 7.61. The van der Waals surface area contributed by atoms with Crippen molar-refractivity contribution in [3.63, 3.8) is 0 Å². The first kappa shape index (κ1) is 21.4. The van der Waals surface area contributed by atoms with E-state index < -0.39 is 6.04 Å². The zero-order valence-electron chi connectivity index (χ0n) is 17.5. The second-order valence-corrected chi connectivity index (χ2v) is 7.61. The molecule has 0 radical (unpaired) electrons. The van der Waals surface area contributed by atoms with Crippen LogP contribution >= 0.6 is 0 Å². The Kier molecular flexibility index (Phi) is 6.07. The van der Waals surface area contributed by atoms with Gasteiger partial charge in [-0.2, -0.15) is 0 Å². The Morgan fingerprint density at radius 3 is 2.44 bits per heavy atom. The molecule has 0 bridgehead atoms.